The van der Waals surface area contributed by atoms with Gasteiger partial charge in [0.1, 0.15) is 11.0 Å². The second-order valence-corrected chi connectivity index (χ2v) is 9.85. The number of amidine groups is 1. The van der Waals surface area contributed by atoms with Crippen molar-refractivity contribution < 1.29 is 19.1 Å². The molecule has 1 aliphatic rings. The standard InChI is InChI=1S/C22H18Cl4N4O4S/c1-2-7-30-21(33)18(10-19(31)27-13-5-3-12(23)4-6-13)35-22(30)29-28-20(32)11-34-17-9-15(25)14(24)8-16(17)26/h2-6,8-9,18H,1,7,10-11H2,(H,27,31)(H,28,32). The lowest BCUT2D eigenvalue weighted by Crippen LogP contribution is -2.35. The fourth-order valence-electron chi connectivity index (χ4n) is 2.84. The van der Waals surface area contributed by atoms with Gasteiger partial charge in [-0.2, -0.15) is 0 Å². The van der Waals surface area contributed by atoms with E-state index in [2.05, 4.69) is 22.4 Å². The normalized spacial score (nSPS) is 16.3. The van der Waals surface area contributed by atoms with Gasteiger partial charge in [-0.1, -0.05) is 64.2 Å². The van der Waals surface area contributed by atoms with Crippen molar-refractivity contribution in [3.8, 4) is 5.75 Å². The third kappa shape index (κ3) is 7.52. The monoisotopic (exact) mass is 574 g/mol. The van der Waals surface area contributed by atoms with Crippen molar-refractivity contribution in [1.29, 1.82) is 0 Å². The number of nitrogens with one attached hydrogen (secondary N) is 2. The molecule has 0 aliphatic carbocycles. The first-order valence-corrected chi connectivity index (χ1v) is 12.3. The van der Waals surface area contributed by atoms with Gasteiger partial charge in [0, 0.05) is 29.7 Å². The summed E-state index contributed by atoms with van der Waals surface area (Å²) in [6.07, 6.45) is 1.42. The summed E-state index contributed by atoms with van der Waals surface area (Å²) in [6, 6.07) is 9.39. The van der Waals surface area contributed by atoms with Crippen molar-refractivity contribution in [2.45, 2.75) is 11.7 Å². The van der Waals surface area contributed by atoms with E-state index in [1.54, 1.807) is 24.3 Å². The van der Waals surface area contributed by atoms with Crippen LogP contribution in [-0.2, 0) is 14.4 Å². The Morgan fingerprint density at radius 3 is 2.46 bits per heavy atom. The molecule has 2 aromatic rings. The number of amides is 3. The molecule has 0 saturated carbocycles. The third-order valence-corrected chi connectivity index (χ3v) is 6.89. The number of rotatable bonds is 9. The molecule has 13 heteroatoms. The van der Waals surface area contributed by atoms with Crippen LogP contribution in [0.1, 0.15) is 6.42 Å². The number of benzene rings is 2. The number of hydrazone groups is 1. The summed E-state index contributed by atoms with van der Waals surface area (Å²) in [4.78, 5) is 38.8. The van der Waals surface area contributed by atoms with Gasteiger partial charge in [0.2, 0.25) is 11.8 Å². The lowest BCUT2D eigenvalue weighted by atomic mass is 10.2. The highest BCUT2D eigenvalue weighted by atomic mass is 35.5. The first-order chi connectivity index (χ1) is 16.7. The average Bonchev–Trinajstić information content (AvgIpc) is 3.10. The molecule has 3 amide bonds. The number of ether oxygens (including phenoxy) is 1. The fraction of sp³-hybridized carbons (Fsp3) is 0.182. The highest BCUT2D eigenvalue weighted by Gasteiger charge is 2.38. The van der Waals surface area contributed by atoms with Crippen LogP contribution < -0.4 is 15.5 Å². The quantitative estimate of drug-likeness (QED) is 0.242. The number of carbonyl (C=O) groups excluding carboxylic acids is 3. The van der Waals surface area contributed by atoms with Crippen molar-refractivity contribution in [2.75, 3.05) is 18.5 Å². The van der Waals surface area contributed by atoms with E-state index in [0.717, 1.165) is 11.8 Å². The fourth-order valence-corrected chi connectivity index (χ4v) is 4.66. The van der Waals surface area contributed by atoms with Crippen LogP contribution in [-0.4, -0.2) is 46.2 Å². The molecule has 1 aliphatic heterocycles. The van der Waals surface area contributed by atoms with E-state index in [4.69, 9.17) is 51.1 Å². The molecule has 1 unspecified atom stereocenters. The smallest absolute Gasteiger partial charge is 0.278 e. The third-order valence-electron chi connectivity index (χ3n) is 4.44. The molecule has 0 radical (unpaired) electrons. The minimum absolute atomic E-state index is 0.0916. The largest absolute Gasteiger partial charge is 0.482 e. The Balaban J connectivity index is 1.59. The molecular formula is C22H18Cl4N4O4S. The molecule has 8 nitrogen and oxygen atoms in total. The second-order valence-electron chi connectivity index (χ2n) is 7.02. The molecule has 2 aromatic carbocycles. The summed E-state index contributed by atoms with van der Waals surface area (Å²) in [5, 5.41) is 7.44. The van der Waals surface area contributed by atoms with Gasteiger partial charge in [-0.25, -0.2) is 5.43 Å². The van der Waals surface area contributed by atoms with E-state index in [-0.39, 0.29) is 50.8 Å². The van der Waals surface area contributed by atoms with Crippen LogP contribution in [0.4, 0.5) is 5.69 Å². The summed E-state index contributed by atoms with van der Waals surface area (Å²) in [5.74, 6) is -1.11. The molecule has 1 fully saturated rings. The zero-order valence-corrected chi connectivity index (χ0v) is 21.7. The number of halogens is 4. The predicted molar refractivity (Wildman–Crippen MR) is 141 cm³/mol. The van der Waals surface area contributed by atoms with E-state index in [0.29, 0.717) is 10.7 Å². The zero-order chi connectivity index (χ0) is 25.5. The Bertz CT molecular complexity index is 1180. The molecule has 1 heterocycles. The van der Waals surface area contributed by atoms with Crippen LogP contribution in [0.25, 0.3) is 0 Å². The van der Waals surface area contributed by atoms with Crippen LogP contribution in [0.2, 0.25) is 20.1 Å². The first kappa shape index (κ1) is 27.2. The predicted octanol–water partition coefficient (Wildman–Crippen LogP) is 5.23. The van der Waals surface area contributed by atoms with Gasteiger partial charge in [-0.3, -0.25) is 19.3 Å². The molecule has 35 heavy (non-hydrogen) atoms. The van der Waals surface area contributed by atoms with Gasteiger partial charge in [0.15, 0.2) is 11.8 Å². The lowest BCUT2D eigenvalue weighted by Gasteiger charge is -2.14. The van der Waals surface area contributed by atoms with Crippen molar-refractivity contribution in [2.24, 2.45) is 5.10 Å². The molecule has 2 N–H and O–H groups in total. The SMILES string of the molecule is C=CCN1C(=O)C(CC(=O)Nc2ccc(Cl)cc2)SC1=NNC(=O)COc1cc(Cl)c(Cl)cc1Cl. The second kappa shape index (κ2) is 12.5. The van der Waals surface area contributed by atoms with Gasteiger partial charge in [-0.05, 0) is 30.3 Å². The van der Waals surface area contributed by atoms with Crippen LogP contribution in [0.15, 0.2) is 54.2 Å². The number of hydrogen-bond acceptors (Lipinski definition) is 6. The van der Waals surface area contributed by atoms with Gasteiger partial charge in [-0.15, -0.1) is 11.7 Å². The van der Waals surface area contributed by atoms with Crippen LogP contribution in [0.5, 0.6) is 5.75 Å². The number of hydrogen-bond donors (Lipinski definition) is 2. The maximum atomic E-state index is 12.8. The van der Waals surface area contributed by atoms with Gasteiger partial charge >= 0.3 is 0 Å². The van der Waals surface area contributed by atoms with Crippen LogP contribution >= 0.6 is 58.2 Å². The van der Waals surface area contributed by atoms with Crippen molar-refractivity contribution in [3.63, 3.8) is 0 Å². The Morgan fingerprint density at radius 1 is 1.09 bits per heavy atom. The maximum absolute atomic E-state index is 12.8. The molecule has 1 atom stereocenters. The summed E-state index contributed by atoms with van der Waals surface area (Å²) in [7, 11) is 0. The molecule has 0 bridgehead atoms. The van der Waals surface area contributed by atoms with E-state index in [1.807, 2.05) is 0 Å². The molecule has 0 spiro atoms. The first-order valence-electron chi connectivity index (χ1n) is 9.96. The highest BCUT2D eigenvalue weighted by Crippen LogP contribution is 2.34. The Labute approximate surface area is 225 Å². The molecule has 0 aromatic heterocycles. The molecule has 3 rings (SSSR count). The maximum Gasteiger partial charge on any atom is 0.278 e. The highest BCUT2D eigenvalue weighted by molar-refractivity contribution is 8.15. The Hall–Kier alpha value is -2.43. The molecule has 1 saturated heterocycles. The van der Waals surface area contributed by atoms with Crippen molar-refractivity contribution in [3.05, 3.63) is 69.1 Å². The number of carbonyl (C=O) groups is 3. The van der Waals surface area contributed by atoms with E-state index < -0.39 is 17.8 Å². The number of nitrogens with zero attached hydrogens (tertiary/aromatic N) is 2. The van der Waals surface area contributed by atoms with Crippen molar-refractivity contribution in [1.82, 2.24) is 10.3 Å². The van der Waals surface area contributed by atoms with Gasteiger partial charge < -0.3 is 10.1 Å². The topological polar surface area (TPSA) is 100 Å². The van der Waals surface area contributed by atoms with Crippen LogP contribution in [0, 0.1) is 0 Å². The number of anilines is 1. The lowest BCUT2D eigenvalue weighted by molar-refractivity contribution is -0.128. The van der Waals surface area contributed by atoms with E-state index >= 15 is 0 Å². The van der Waals surface area contributed by atoms with Gasteiger partial charge in [0.05, 0.1) is 15.1 Å². The summed E-state index contributed by atoms with van der Waals surface area (Å²) >= 11 is 24.7. The van der Waals surface area contributed by atoms with E-state index in [1.165, 1.54) is 23.1 Å². The number of thioether (sulfide) groups is 1. The zero-order valence-electron chi connectivity index (χ0n) is 17.9. The summed E-state index contributed by atoms with van der Waals surface area (Å²) in [6.45, 7) is 3.38. The molecular weight excluding hydrogens is 558 g/mol. The van der Waals surface area contributed by atoms with Gasteiger partial charge in [0.25, 0.3) is 5.91 Å². The Morgan fingerprint density at radius 2 is 1.77 bits per heavy atom. The summed E-state index contributed by atoms with van der Waals surface area (Å²) < 4.78 is 5.36. The van der Waals surface area contributed by atoms with Crippen molar-refractivity contribution >= 4 is 86.7 Å². The Kier molecular flexibility index (Phi) is 9.71. The molecule has 184 valence electrons. The van der Waals surface area contributed by atoms with E-state index in [9.17, 15) is 14.4 Å². The average molecular weight is 576 g/mol. The minimum Gasteiger partial charge on any atom is -0.482 e. The van der Waals surface area contributed by atoms with Crippen LogP contribution in [0.3, 0.4) is 0 Å². The summed E-state index contributed by atoms with van der Waals surface area (Å²) in [5.41, 5.74) is 2.88. The minimum atomic E-state index is -0.718.